The third-order valence-electron chi connectivity index (χ3n) is 4.32. The molecule has 2 unspecified atom stereocenters. The van der Waals surface area contributed by atoms with E-state index in [4.69, 9.17) is 0 Å². The first-order valence-corrected chi connectivity index (χ1v) is 8.69. The zero-order valence-corrected chi connectivity index (χ0v) is 14.5. The van der Waals surface area contributed by atoms with E-state index in [1.54, 1.807) is 0 Å². The van der Waals surface area contributed by atoms with Crippen LogP contribution in [0.3, 0.4) is 0 Å². The second kappa shape index (κ2) is 7.46. The molecule has 0 aliphatic carbocycles. The van der Waals surface area contributed by atoms with Gasteiger partial charge in [0, 0.05) is 29.3 Å². The minimum atomic E-state index is 0.396. The van der Waals surface area contributed by atoms with Crippen molar-refractivity contribution in [3.05, 3.63) is 28.2 Å². The van der Waals surface area contributed by atoms with Gasteiger partial charge in [-0.3, -0.25) is 0 Å². The van der Waals surface area contributed by atoms with Crippen LogP contribution in [-0.4, -0.2) is 19.6 Å². The van der Waals surface area contributed by atoms with E-state index in [9.17, 15) is 0 Å². The molecule has 1 heterocycles. The zero-order chi connectivity index (χ0) is 14.5. The largest absolute Gasteiger partial charge is 0.371 e. The molecule has 1 fully saturated rings. The number of benzene rings is 1. The van der Waals surface area contributed by atoms with Gasteiger partial charge in [-0.05, 0) is 62.4 Å². The van der Waals surface area contributed by atoms with Crippen LogP contribution in [0.1, 0.15) is 51.6 Å². The molecule has 0 bridgehead atoms. The van der Waals surface area contributed by atoms with Gasteiger partial charge in [-0.25, -0.2) is 0 Å². The molecule has 0 aromatic heterocycles. The monoisotopic (exact) mass is 338 g/mol. The second-order valence-electron chi connectivity index (χ2n) is 6.01. The van der Waals surface area contributed by atoms with E-state index >= 15 is 0 Å². The normalized spacial score (nSPS) is 21.6. The van der Waals surface area contributed by atoms with E-state index in [1.807, 2.05) is 0 Å². The van der Waals surface area contributed by atoms with E-state index in [0.717, 1.165) is 12.5 Å². The fourth-order valence-corrected chi connectivity index (χ4v) is 3.46. The first kappa shape index (κ1) is 15.8. The summed E-state index contributed by atoms with van der Waals surface area (Å²) in [6.45, 7) is 10.2. The predicted octanol–water partition coefficient (Wildman–Crippen LogP) is 4.75. The molecule has 0 radical (unpaired) electrons. The standard InChI is InChI=1S/C17H27BrN2/c1-4-19-14(3)16-12-15(18)7-8-17(16)20-10-5-6-13(2)9-11-20/h7-8,12-14,19H,4-6,9-11H2,1-3H3. The van der Waals surface area contributed by atoms with Gasteiger partial charge in [0.25, 0.3) is 0 Å². The Morgan fingerprint density at radius 2 is 2.15 bits per heavy atom. The van der Waals surface area contributed by atoms with Gasteiger partial charge >= 0.3 is 0 Å². The molecule has 20 heavy (non-hydrogen) atoms. The van der Waals surface area contributed by atoms with Crippen molar-refractivity contribution in [3.63, 3.8) is 0 Å². The van der Waals surface area contributed by atoms with Crippen LogP contribution in [0.25, 0.3) is 0 Å². The summed E-state index contributed by atoms with van der Waals surface area (Å²) in [5.74, 6) is 0.866. The number of hydrogen-bond acceptors (Lipinski definition) is 2. The van der Waals surface area contributed by atoms with Gasteiger partial charge in [0.2, 0.25) is 0 Å². The first-order chi connectivity index (χ1) is 9.61. The number of rotatable bonds is 4. The van der Waals surface area contributed by atoms with Gasteiger partial charge in [0.05, 0.1) is 0 Å². The molecule has 2 nitrogen and oxygen atoms in total. The van der Waals surface area contributed by atoms with E-state index in [2.05, 4.69) is 65.1 Å². The molecule has 0 spiro atoms. The van der Waals surface area contributed by atoms with Gasteiger partial charge in [0.15, 0.2) is 0 Å². The van der Waals surface area contributed by atoms with Crippen LogP contribution in [0, 0.1) is 5.92 Å². The second-order valence-corrected chi connectivity index (χ2v) is 6.92. The molecule has 3 heteroatoms. The van der Waals surface area contributed by atoms with Gasteiger partial charge in [0.1, 0.15) is 0 Å². The first-order valence-electron chi connectivity index (χ1n) is 7.89. The maximum atomic E-state index is 3.62. The van der Waals surface area contributed by atoms with Crippen LogP contribution in [0.2, 0.25) is 0 Å². The summed E-state index contributed by atoms with van der Waals surface area (Å²) in [7, 11) is 0. The number of anilines is 1. The third-order valence-corrected chi connectivity index (χ3v) is 4.82. The van der Waals surface area contributed by atoms with Crippen molar-refractivity contribution in [2.75, 3.05) is 24.5 Å². The van der Waals surface area contributed by atoms with Crippen molar-refractivity contribution in [1.29, 1.82) is 0 Å². The fourth-order valence-electron chi connectivity index (χ4n) is 3.08. The highest BCUT2D eigenvalue weighted by atomic mass is 79.9. The summed E-state index contributed by atoms with van der Waals surface area (Å²) in [4.78, 5) is 2.58. The zero-order valence-electron chi connectivity index (χ0n) is 13.0. The number of halogens is 1. The van der Waals surface area contributed by atoms with E-state index < -0.39 is 0 Å². The topological polar surface area (TPSA) is 15.3 Å². The Hall–Kier alpha value is -0.540. The lowest BCUT2D eigenvalue weighted by Crippen LogP contribution is -2.27. The SMILES string of the molecule is CCNC(C)c1cc(Br)ccc1N1CCCC(C)CC1. The highest BCUT2D eigenvalue weighted by Crippen LogP contribution is 2.31. The maximum Gasteiger partial charge on any atom is 0.0415 e. The van der Waals surface area contributed by atoms with Gasteiger partial charge in [-0.2, -0.15) is 0 Å². The summed E-state index contributed by atoms with van der Waals surface area (Å²) in [6, 6.07) is 7.12. The number of nitrogens with one attached hydrogen (secondary N) is 1. The van der Waals surface area contributed by atoms with Crippen LogP contribution in [0.4, 0.5) is 5.69 Å². The molecule has 1 aliphatic heterocycles. The van der Waals surface area contributed by atoms with Crippen LogP contribution in [-0.2, 0) is 0 Å². The minimum Gasteiger partial charge on any atom is -0.371 e. The highest BCUT2D eigenvalue weighted by molar-refractivity contribution is 9.10. The minimum absolute atomic E-state index is 0.396. The van der Waals surface area contributed by atoms with E-state index in [1.165, 1.54) is 48.1 Å². The average molecular weight is 339 g/mol. The number of hydrogen-bond donors (Lipinski definition) is 1. The summed E-state index contributed by atoms with van der Waals surface area (Å²) < 4.78 is 1.17. The van der Waals surface area contributed by atoms with Crippen molar-refractivity contribution in [1.82, 2.24) is 5.32 Å². The predicted molar refractivity (Wildman–Crippen MR) is 91.5 cm³/mol. The summed E-state index contributed by atoms with van der Waals surface area (Å²) in [6.07, 6.45) is 3.99. The molecule has 1 N–H and O–H groups in total. The smallest absolute Gasteiger partial charge is 0.0415 e. The molecule has 1 saturated heterocycles. The Morgan fingerprint density at radius 3 is 2.90 bits per heavy atom. The lowest BCUT2D eigenvalue weighted by molar-refractivity contribution is 0.521. The quantitative estimate of drug-likeness (QED) is 0.852. The van der Waals surface area contributed by atoms with Crippen LogP contribution in [0.5, 0.6) is 0 Å². The summed E-state index contributed by atoms with van der Waals surface area (Å²) in [5.41, 5.74) is 2.83. The van der Waals surface area contributed by atoms with Crippen molar-refractivity contribution < 1.29 is 0 Å². The Labute approximate surface area is 132 Å². The molecule has 1 aromatic rings. The Morgan fingerprint density at radius 1 is 1.35 bits per heavy atom. The van der Waals surface area contributed by atoms with Crippen LogP contribution >= 0.6 is 15.9 Å². The van der Waals surface area contributed by atoms with Crippen molar-refractivity contribution in [3.8, 4) is 0 Å². The Balaban J connectivity index is 2.25. The van der Waals surface area contributed by atoms with Gasteiger partial charge in [-0.1, -0.05) is 29.8 Å². The molecule has 0 amide bonds. The summed E-state index contributed by atoms with van der Waals surface area (Å²) >= 11 is 3.62. The molecule has 2 rings (SSSR count). The average Bonchev–Trinajstić information content (AvgIpc) is 2.64. The fraction of sp³-hybridized carbons (Fsp3) is 0.647. The molecule has 112 valence electrons. The third kappa shape index (κ3) is 3.98. The Kier molecular flexibility index (Phi) is 5.91. The molecule has 0 saturated carbocycles. The lowest BCUT2D eigenvalue weighted by atomic mass is 10.0. The van der Waals surface area contributed by atoms with Crippen LogP contribution in [0.15, 0.2) is 22.7 Å². The maximum absolute atomic E-state index is 3.62. The molecular formula is C17H27BrN2. The van der Waals surface area contributed by atoms with Crippen molar-refractivity contribution >= 4 is 21.6 Å². The molecule has 1 aliphatic rings. The number of nitrogens with zero attached hydrogens (tertiary/aromatic N) is 1. The van der Waals surface area contributed by atoms with E-state index in [-0.39, 0.29) is 0 Å². The van der Waals surface area contributed by atoms with Gasteiger partial charge in [-0.15, -0.1) is 0 Å². The molecular weight excluding hydrogens is 312 g/mol. The van der Waals surface area contributed by atoms with Crippen LogP contribution < -0.4 is 10.2 Å². The summed E-state index contributed by atoms with van der Waals surface area (Å²) in [5, 5.41) is 3.55. The lowest BCUT2D eigenvalue weighted by Gasteiger charge is -2.28. The molecule has 1 aromatic carbocycles. The highest BCUT2D eigenvalue weighted by Gasteiger charge is 2.19. The van der Waals surface area contributed by atoms with Crippen molar-refractivity contribution in [2.45, 2.75) is 46.1 Å². The molecule has 2 atom stereocenters. The van der Waals surface area contributed by atoms with Crippen molar-refractivity contribution in [2.24, 2.45) is 5.92 Å². The Bertz CT molecular complexity index is 433. The van der Waals surface area contributed by atoms with E-state index in [0.29, 0.717) is 6.04 Å². The van der Waals surface area contributed by atoms with Gasteiger partial charge < -0.3 is 10.2 Å².